The fourth-order valence-electron chi connectivity index (χ4n) is 1.10. The van der Waals surface area contributed by atoms with E-state index in [0.29, 0.717) is 6.54 Å². The predicted octanol–water partition coefficient (Wildman–Crippen LogP) is 2.11. The van der Waals surface area contributed by atoms with Crippen molar-refractivity contribution in [2.24, 2.45) is 0 Å². The zero-order valence-corrected chi connectivity index (χ0v) is 9.46. The van der Waals surface area contributed by atoms with E-state index in [1.54, 1.807) is 13.2 Å². The minimum atomic E-state index is -0.369. The zero-order valence-electron chi connectivity index (χ0n) is 9.46. The van der Waals surface area contributed by atoms with E-state index in [-0.39, 0.29) is 12.7 Å². The molecule has 1 amide bonds. The van der Waals surface area contributed by atoms with E-state index in [4.69, 9.17) is 9.47 Å². The minimum Gasteiger partial charge on any atom is -0.445 e. The van der Waals surface area contributed by atoms with Crippen LogP contribution in [0.25, 0.3) is 0 Å². The van der Waals surface area contributed by atoms with Crippen molar-refractivity contribution in [2.45, 2.75) is 25.7 Å². The van der Waals surface area contributed by atoms with Crippen LogP contribution in [0.5, 0.6) is 0 Å². The fourth-order valence-corrected chi connectivity index (χ4v) is 1.10. The first-order valence-electron chi connectivity index (χ1n) is 5.31. The highest BCUT2D eigenvalue weighted by molar-refractivity contribution is 5.67. The summed E-state index contributed by atoms with van der Waals surface area (Å²) in [4.78, 5) is 10.9. The van der Waals surface area contributed by atoms with Crippen LogP contribution in [-0.2, 0) is 9.47 Å². The Hall–Kier alpha value is -1.03. The van der Waals surface area contributed by atoms with Gasteiger partial charge in [-0.05, 0) is 12.8 Å². The number of carbonyl (C=O) groups excluding carboxylic acids is 1. The Bertz CT molecular complexity index is 171. The molecule has 0 aliphatic heterocycles. The Morgan fingerprint density at radius 3 is 2.73 bits per heavy atom. The molecule has 0 aliphatic rings. The van der Waals surface area contributed by atoms with Crippen LogP contribution in [0.3, 0.4) is 0 Å². The van der Waals surface area contributed by atoms with Crippen molar-refractivity contribution in [2.75, 3.05) is 26.9 Å². The number of ether oxygens (including phenoxy) is 2. The summed E-state index contributed by atoms with van der Waals surface area (Å²) in [5, 5.41) is 2.67. The molecule has 0 radical (unpaired) electrons. The molecule has 15 heavy (non-hydrogen) atoms. The lowest BCUT2D eigenvalue weighted by molar-refractivity contribution is 0.158. The third kappa shape index (κ3) is 10.9. The van der Waals surface area contributed by atoms with Crippen molar-refractivity contribution in [3.8, 4) is 0 Å². The van der Waals surface area contributed by atoms with Crippen LogP contribution >= 0.6 is 0 Å². The van der Waals surface area contributed by atoms with Gasteiger partial charge in [-0.25, -0.2) is 4.79 Å². The van der Waals surface area contributed by atoms with E-state index in [1.807, 2.05) is 0 Å². The number of hydrogen-bond acceptors (Lipinski definition) is 3. The molecule has 0 fully saturated rings. The van der Waals surface area contributed by atoms with Gasteiger partial charge in [-0.2, -0.15) is 0 Å². The first kappa shape index (κ1) is 14.0. The van der Waals surface area contributed by atoms with Gasteiger partial charge in [0.25, 0.3) is 0 Å². The number of rotatable bonds is 9. The molecule has 0 aromatic carbocycles. The van der Waals surface area contributed by atoms with Crippen molar-refractivity contribution >= 4 is 6.09 Å². The number of nitrogens with one attached hydrogen (secondary N) is 1. The second kappa shape index (κ2) is 11.0. The molecule has 0 spiro atoms. The zero-order chi connectivity index (χ0) is 11.4. The van der Waals surface area contributed by atoms with Crippen LogP contribution < -0.4 is 5.32 Å². The van der Waals surface area contributed by atoms with Crippen molar-refractivity contribution in [1.29, 1.82) is 0 Å². The highest BCUT2D eigenvalue weighted by Gasteiger charge is 1.98. The number of unbranched alkanes of at least 4 members (excludes halogenated alkanes) is 3. The van der Waals surface area contributed by atoms with Gasteiger partial charge in [-0.3, -0.25) is 0 Å². The molecule has 0 aliphatic carbocycles. The molecule has 0 heterocycles. The van der Waals surface area contributed by atoms with E-state index in [9.17, 15) is 4.79 Å². The molecule has 0 saturated heterocycles. The maximum Gasteiger partial charge on any atom is 0.407 e. The van der Waals surface area contributed by atoms with Crippen molar-refractivity contribution in [3.63, 3.8) is 0 Å². The summed E-state index contributed by atoms with van der Waals surface area (Å²) in [6.45, 7) is 5.20. The van der Waals surface area contributed by atoms with Gasteiger partial charge in [0.05, 0.1) is 0 Å². The Morgan fingerprint density at radius 1 is 1.33 bits per heavy atom. The van der Waals surface area contributed by atoms with Crippen LogP contribution in [-0.4, -0.2) is 33.0 Å². The smallest absolute Gasteiger partial charge is 0.407 e. The normalized spacial score (nSPS) is 9.67. The van der Waals surface area contributed by atoms with Crippen molar-refractivity contribution in [3.05, 3.63) is 12.7 Å². The number of methoxy groups -OCH3 is 1. The van der Waals surface area contributed by atoms with E-state index in [0.717, 1.165) is 32.3 Å². The lowest BCUT2D eigenvalue weighted by Crippen LogP contribution is -2.25. The molecular weight excluding hydrogens is 194 g/mol. The molecule has 0 aromatic heterocycles. The summed E-state index contributed by atoms with van der Waals surface area (Å²) in [5.41, 5.74) is 0. The monoisotopic (exact) mass is 215 g/mol. The van der Waals surface area contributed by atoms with Gasteiger partial charge >= 0.3 is 6.09 Å². The molecule has 0 bridgehead atoms. The van der Waals surface area contributed by atoms with Gasteiger partial charge in [0.2, 0.25) is 0 Å². The number of hydrogen-bond donors (Lipinski definition) is 1. The van der Waals surface area contributed by atoms with Crippen molar-refractivity contribution < 1.29 is 14.3 Å². The van der Waals surface area contributed by atoms with Gasteiger partial charge in [-0.1, -0.05) is 25.5 Å². The maximum absolute atomic E-state index is 10.9. The van der Waals surface area contributed by atoms with Crippen LogP contribution in [0.2, 0.25) is 0 Å². The van der Waals surface area contributed by atoms with Gasteiger partial charge in [0, 0.05) is 20.3 Å². The summed E-state index contributed by atoms with van der Waals surface area (Å²) in [6.07, 6.45) is 5.48. The number of carbonyl (C=O) groups is 1. The second-order valence-corrected chi connectivity index (χ2v) is 3.22. The molecular formula is C11H21NO3. The van der Waals surface area contributed by atoms with Gasteiger partial charge in [0.15, 0.2) is 0 Å². The Morgan fingerprint density at radius 2 is 2.07 bits per heavy atom. The Kier molecular flexibility index (Phi) is 10.3. The van der Waals surface area contributed by atoms with Gasteiger partial charge in [-0.15, -0.1) is 0 Å². The first-order valence-corrected chi connectivity index (χ1v) is 5.31. The van der Waals surface area contributed by atoms with Crippen LogP contribution in [0.1, 0.15) is 25.7 Å². The lowest BCUT2D eigenvalue weighted by Gasteiger charge is -2.04. The Balaban J connectivity index is 3.09. The molecule has 0 unspecified atom stereocenters. The van der Waals surface area contributed by atoms with Gasteiger partial charge < -0.3 is 14.8 Å². The predicted molar refractivity (Wildman–Crippen MR) is 59.9 cm³/mol. The average molecular weight is 215 g/mol. The summed E-state index contributed by atoms with van der Waals surface area (Å²) >= 11 is 0. The molecule has 1 N–H and O–H groups in total. The van der Waals surface area contributed by atoms with E-state index in [2.05, 4.69) is 11.9 Å². The highest BCUT2D eigenvalue weighted by Crippen LogP contribution is 1.98. The third-order valence-corrected chi connectivity index (χ3v) is 1.88. The molecule has 0 rings (SSSR count). The summed E-state index contributed by atoms with van der Waals surface area (Å²) < 4.78 is 9.68. The first-order chi connectivity index (χ1) is 7.31. The van der Waals surface area contributed by atoms with Crippen LogP contribution in [0, 0.1) is 0 Å². The lowest BCUT2D eigenvalue weighted by atomic mass is 10.2. The Labute approximate surface area is 91.6 Å². The molecule has 0 atom stereocenters. The van der Waals surface area contributed by atoms with Gasteiger partial charge in [0.1, 0.15) is 6.61 Å². The largest absolute Gasteiger partial charge is 0.445 e. The molecule has 0 saturated carbocycles. The van der Waals surface area contributed by atoms with Crippen LogP contribution in [0.15, 0.2) is 12.7 Å². The number of amides is 1. The maximum atomic E-state index is 10.9. The average Bonchev–Trinajstić information content (AvgIpc) is 2.25. The summed E-state index contributed by atoms with van der Waals surface area (Å²) in [7, 11) is 1.71. The topological polar surface area (TPSA) is 47.6 Å². The third-order valence-electron chi connectivity index (χ3n) is 1.88. The molecule has 4 nitrogen and oxygen atoms in total. The summed E-state index contributed by atoms with van der Waals surface area (Å²) in [5.74, 6) is 0. The fraction of sp³-hybridized carbons (Fsp3) is 0.727. The highest BCUT2D eigenvalue weighted by atomic mass is 16.5. The second-order valence-electron chi connectivity index (χ2n) is 3.22. The number of alkyl carbamates (subject to hydrolysis) is 1. The molecule has 4 heteroatoms. The van der Waals surface area contributed by atoms with Crippen molar-refractivity contribution in [1.82, 2.24) is 5.32 Å². The standard InChI is InChI=1S/C11H21NO3/c1-3-9-15-11(13)12-8-6-4-5-7-10-14-2/h3H,1,4-10H2,2H3,(H,12,13). The van der Waals surface area contributed by atoms with Crippen LogP contribution in [0.4, 0.5) is 4.79 Å². The quantitative estimate of drug-likeness (QED) is 0.473. The molecule has 0 aromatic rings. The van der Waals surface area contributed by atoms with E-state index >= 15 is 0 Å². The summed E-state index contributed by atoms with van der Waals surface area (Å²) in [6, 6.07) is 0. The minimum absolute atomic E-state index is 0.264. The van der Waals surface area contributed by atoms with E-state index < -0.39 is 0 Å². The SMILES string of the molecule is C=CCOC(=O)NCCCCCCOC. The van der Waals surface area contributed by atoms with E-state index in [1.165, 1.54) is 0 Å². The molecule has 88 valence electrons.